The smallest absolute Gasteiger partial charge is 0.244 e. The summed E-state index contributed by atoms with van der Waals surface area (Å²) in [4.78, 5) is 19.9. The average molecular weight is 430 g/mol. The molecule has 0 spiro atoms. The van der Waals surface area contributed by atoms with Gasteiger partial charge >= 0.3 is 0 Å². The molecule has 1 unspecified atom stereocenters. The number of ether oxygens (including phenoxy) is 1. The van der Waals surface area contributed by atoms with Gasteiger partial charge in [0.2, 0.25) is 5.91 Å². The van der Waals surface area contributed by atoms with Crippen LogP contribution in [0.1, 0.15) is 12.0 Å². The molecule has 0 aliphatic carbocycles. The second-order valence-electron chi connectivity index (χ2n) is 7.70. The van der Waals surface area contributed by atoms with Gasteiger partial charge in [-0.1, -0.05) is 12.1 Å². The normalized spacial score (nSPS) is 21.7. The molecule has 1 N–H and O–H groups in total. The van der Waals surface area contributed by atoms with Crippen molar-refractivity contribution in [1.82, 2.24) is 9.80 Å². The standard InChI is InChI=1S/C22H27N3O4S/c1-29-19-4-2-3-17(15-19)16-23-11-13-24(14-12-23)21-9-10-25(22(21)26)18-5-7-20(8-6-18)30(27)28/h2-8,15,21H,9-14,16H2,1H3,(H,27,28)/t21-/m0/s1. The highest BCUT2D eigenvalue weighted by molar-refractivity contribution is 7.79. The molecule has 0 aromatic heterocycles. The lowest BCUT2D eigenvalue weighted by molar-refractivity contribution is -0.122. The van der Waals surface area contributed by atoms with Crippen molar-refractivity contribution in [2.45, 2.75) is 23.9 Å². The molecule has 2 fully saturated rings. The molecule has 4 rings (SSSR count). The minimum atomic E-state index is -2.00. The minimum absolute atomic E-state index is 0.0874. The van der Waals surface area contributed by atoms with Crippen LogP contribution < -0.4 is 9.64 Å². The molecular weight excluding hydrogens is 402 g/mol. The number of benzene rings is 2. The molecule has 2 aliphatic rings. The Kier molecular flexibility index (Phi) is 6.48. The van der Waals surface area contributed by atoms with Crippen LogP contribution in [0.15, 0.2) is 53.4 Å². The molecule has 0 radical (unpaired) electrons. The molecule has 160 valence electrons. The predicted molar refractivity (Wildman–Crippen MR) is 116 cm³/mol. The van der Waals surface area contributed by atoms with Crippen LogP contribution >= 0.6 is 0 Å². The maximum atomic E-state index is 13.0. The molecule has 30 heavy (non-hydrogen) atoms. The zero-order valence-corrected chi connectivity index (χ0v) is 17.9. The lowest BCUT2D eigenvalue weighted by atomic mass is 10.1. The van der Waals surface area contributed by atoms with Crippen LogP contribution in [0.25, 0.3) is 0 Å². The quantitative estimate of drug-likeness (QED) is 0.710. The average Bonchev–Trinajstić information content (AvgIpc) is 3.16. The molecule has 2 atom stereocenters. The van der Waals surface area contributed by atoms with Crippen LogP contribution in [0.4, 0.5) is 5.69 Å². The van der Waals surface area contributed by atoms with E-state index in [1.54, 1.807) is 36.3 Å². The minimum Gasteiger partial charge on any atom is -0.497 e. The molecule has 2 aliphatic heterocycles. The van der Waals surface area contributed by atoms with E-state index >= 15 is 0 Å². The van der Waals surface area contributed by atoms with Gasteiger partial charge in [0, 0.05) is 45.0 Å². The summed E-state index contributed by atoms with van der Waals surface area (Å²) < 4.78 is 25.6. The van der Waals surface area contributed by atoms with Gasteiger partial charge < -0.3 is 14.2 Å². The van der Waals surface area contributed by atoms with Crippen molar-refractivity contribution < 1.29 is 18.3 Å². The number of nitrogens with zero attached hydrogens (tertiary/aromatic N) is 3. The van der Waals surface area contributed by atoms with Gasteiger partial charge in [-0.2, -0.15) is 0 Å². The van der Waals surface area contributed by atoms with Crippen molar-refractivity contribution in [2.24, 2.45) is 0 Å². The Morgan fingerprint density at radius 2 is 1.80 bits per heavy atom. The number of amides is 1. The van der Waals surface area contributed by atoms with E-state index in [1.165, 1.54) is 5.56 Å². The maximum Gasteiger partial charge on any atom is 0.244 e. The second-order valence-corrected chi connectivity index (χ2v) is 8.67. The highest BCUT2D eigenvalue weighted by atomic mass is 32.2. The van der Waals surface area contributed by atoms with E-state index in [4.69, 9.17) is 9.29 Å². The molecule has 8 heteroatoms. The number of methoxy groups -OCH3 is 1. The van der Waals surface area contributed by atoms with E-state index in [0.717, 1.165) is 50.6 Å². The zero-order chi connectivity index (χ0) is 21.1. The third-order valence-electron chi connectivity index (χ3n) is 5.92. The van der Waals surface area contributed by atoms with Gasteiger partial charge in [-0.15, -0.1) is 0 Å². The fraction of sp³-hybridized carbons (Fsp3) is 0.409. The van der Waals surface area contributed by atoms with E-state index in [9.17, 15) is 9.00 Å². The summed E-state index contributed by atoms with van der Waals surface area (Å²) in [6.07, 6.45) is 0.808. The predicted octanol–water partition coefficient (Wildman–Crippen LogP) is 2.20. The SMILES string of the molecule is COc1cccc(CN2CCN([C@H]3CCN(c4ccc(S(=O)O)cc4)C3=O)CC2)c1. The number of hydrogen-bond donors (Lipinski definition) is 1. The highest BCUT2D eigenvalue weighted by Gasteiger charge is 2.37. The van der Waals surface area contributed by atoms with Crippen molar-refractivity contribution in [3.8, 4) is 5.75 Å². The fourth-order valence-corrected chi connectivity index (χ4v) is 4.63. The van der Waals surface area contributed by atoms with Gasteiger partial charge in [0.25, 0.3) is 0 Å². The Morgan fingerprint density at radius 1 is 1.07 bits per heavy atom. The van der Waals surface area contributed by atoms with Crippen molar-refractivity contribution >= 4 is 22.7 Å². The van der Waals surface area contributed by atoms with E-state index in [1.807, 2.05) is 12.1 Å². The summed E-state index contributed by atoms with van der Waals surface area (Å²) in [5, 5.41) is 0. The fourth-order valence-electron chi connectivity index (χ4n) is 4.26. The Bertz CT molecular complexity index is 913. The first-order valence-electron chi connectivity index (χ1n) is 10.2. The summed E-state index contributed by atoms with van der Waals surface area (Å²) in [6.45, 7) is 5.16. The van der Waals surface area contributed by atoms with E-state index in [0.29, 0.717) is 11.4 Å². The second kappa shape index (κ2) is 9.26. The number of carbonyl (C=O) groups is 1. The highest BCUT2D eigenvalue weighted by Crippen LogP contribution is 2.26. The summed E-state index contributed by atoms with van der Waals surface area (Å²) in [5.74, 6) is 0.996. The monoisotopic (exact) mass is 429 g/mol. The molecule has 2 aromatic carbocycles. The molecule has 7 nitrogen and oxygen atoms in total. The number of carbonyl (C=O) groups excluding carboxylic acids is 1. The van der Waals surface area contributed by atoms with Crippen molar-refractivity contribution in [1.29, 1.82) is 0 Å². The van der Waals surface area contributed by atoms with Gasteiger partial charge in [0.15, 0.2) is 11.1 Å². The Morgan fingerprint density at radius 3 is 2.47 bits per heavy atom. The molecule has 2 saturated heterocycles. The Hall–Kier alpha value is -2.26. The lowest BCUT2D eigenvalue weighted by Gasteiger charge is -2.37. The first kappa shape index (κ1) is 21.0. The van der Waals surface area contributed by atoms with Crippen molar-refractivity contribution in [3.63, 3.8) is 0 Å². The first-order chi connectivity index (χ1) is 14.5. The van der Waals surface area contributed by atoms with Crippen LogP contribution in [-0.4, -0.2) is 70.3 Å². The number of anilines is 1. The largest absolute Gasteiger partial charge is 0.497 e. The van der Waals surface area contributed by atoms with Gasteiger partial charge in [-0.25, -0.2) is 4.21 Å². The molecule has 0 saturated carbocycles. The van der Waals surface area contributed by atoms with Crippen LogP contribution in [0.2, 0.25) is 0 Å². The number of piperazine rings is 1. The van der Waals surface area contributed by atoms with E-state index < -0.39 is 11.1 Å². The van der Waals surface area contributed by atoms with Gasteiger partial charge in [0.1, 0.15) is 5.75 Å². The maximum absolute atomic E-state index is 13.0. The third-order valence-corrected chi connectivity index (χ3v) is 6.59. The summed E-state index contributed by atoms with van der Waals surface area (Å²) in [5.41, 5.74) is 2.02. The first-order valence-corrected chi connectivity index (χ1v) is 11.3. The summed E-state index contributed by atoms with van der Waals surface area (Å²) in [7, 11) is 1.68. The van der Waals surface area contributed by atoms with Crippen LogP contribution in [0, 0.1) is 0 Å². The molecule has 2 heterocycles. The summed E-state index contributed by atoms with van der Waals surface area (Å²) >= 11 is -2.00. The Labute approximate surface area is 179 Å². The van der Waals surface area contributed by atoms with E-state index in [2.05, 4.69) is 21.9 Å². The van der Waals surface area contributed by atoms with Crippen LogP contribution in [0.5, 0.6) is 5.75 Å². The third kappa shape index (κ3) is 4.57. The van der Waals surface area contributed by atoms with Crippen LogP contribution in [-0.2, 0) is 22.4 Å². The molecule has 2 aromatic rings. The zero-order valence-electron chi connectivity index (χ0n) is 17.1. The Balaban J connectivity index is 1.32. The van der Waals surface area contributed by atoms with Crippen molar-refractivity contribution in [3.05, 3.63) is 54.1 Å². The molecule has 0 bridgehead atoms. The van der Waals surface area contributed by atoms with E-state index in [-0.39, 0.29) is 11.9 Å². The number of rotatable bonds is 6. The number of hydrogen-bond acceptors (Lipinski definition) is 5. The van der Waals surface area contributed by atoms with Crippen molar-refractivity contribution in [2.75, 3.05) is 44.7 Å². The van der Waals surface area contributed by atoms with Crippen LogP contribution in [0.3, 0.4) is 0 Å². The topological polar surface area (TPSA) is 73.3 Å². The lowest BCUT2D eigenvalue weighted by Crippen LogP contribution is -2.52. The van der Waals surface area contributed by atoms with Gasteiger partial charge in [-0.05, 0) is 48.4 Å². The van der Waals surface area contributed by atoms with Gasteiger partial charge in [0.05, 0.1) is 18.0 Å². The molecular formula is C22H27N3O4S. The van der Waals surface area contributed by atoms with Gasteiger partial charge in [-0.3, -0.25) is 14.6 Å². The molecule has 1 amide bonds. The summed E-state index contributed by atoms with van der Waals surface area (Å²) in [6, 6.07) is 14.8.